The molecule has 8 aromatic carbocycles. The van der Waals surface area contributed by atoms with Gasteiger partial charge in [0.25, 0.3) is 0 Å². The molecule has 0 saturated heterocycles. The predicted molar refractivity (Wildman–Crippen MR) is 219 cm³/mol. The largest absolute Gasteiger partial charge is 0.311 e. The molecule has 2 heterocycles. The Morgan fingerprint density at radius 1 is 0.404 bits per heavy atom. The molecule has 0 bridgehead atoms. The van der Waals surface area contributed by atoms with Gasteiger partial charge in [-0.25, -0.2) is 4.98 Å². The highest BCUT2D eigenvalue weighted by Crippen LogP contribution is 2.41. The van der Waals surface area contributed by atoms with Crippen molar-refractivity contribution in [2.45, 2.75) is 0 Å². The van der Waals surface area contributed by atoms with E-state index in [-0.39, 0.29) is 0 Å². The lowest BCUT2D eigenvalue weighted by atomic mass is 9.94. The van der Waals surface area contributed by atoms with Gasteiger partial charge in [-0.1, -0.05) is 133 Å². The molecular formula is C49H33N3. The molecule has 0 amide bonds. The number of hydrogen-bond acceptors (Lipinski definition) is 2. The summed E-state index contributed by atoms with van der Waals surface area (Å²) in [6.07, 6.45) is 0. The summed E-state index contributed by atoms with van der Waals surface area (Å²) in [5, 5.41) is 7.19. The van der Waals surface area contributed by atoms with Gasteiger partial charge in [0.2, 0.25) is 0 Å². The molecule has 3 heteroatoms. The van der Waals surface area contributed by atoms with Gasteiger partial charge >= 0.3 is 0 Å². The van der Waals surface area contributed by atoms with Gasteiger partial charge in [0.05, 0.1) is 22.4 Å². The first-order valence-electron chi connectivity index (χ1n) is 17.7. The zero-order valence-corrected chi connectivity index (χ0v) is 28.4. The molecule has 0 aliphatic heterocycles. The molecule has 10 aromatic rings. The molecule has 0 aliphatic rings. The van der Waals surface area contributed by atoms with E-state index in [1.54, 1.807) is 0 Å². The lowest BCUT2D eigenvalue weighted by Crippen LogP contribution is -2.09. The second-order valence-corrected chi connectivity index (χ2v) is 13.2. The first kappa shape index (κ1) is 29.9. The van der Waals surface area contributed by atoms with Crippen LogP contribution in [0.1, 0.15) is 0 Å². The van der Waals surface area contributed by atoms with Crippen LogP contribution in [-0.2, 0) is 0 Å². The van der Waals surface area contributed by atoms with Crippen molar-refractivity contribution in [1.29, 1.82) is 0 Å². The van der Waals surface area contributed by atoms with Crippen molar-refractivity contribution in [3.8, 4) is 28.2 Å². The van der Waals surface area contributed by atoms with Crippen LogP contribution in [0.3, 0.4) is 0 Å². The average Bonchev–Trinajstić information content (AvgIpc) is 3.61. The summed E-state index contributed by atoms with van der Waals surface area (Å²) >= 11 is 0. The Morgan fingerprint density at radius 2 is 0.981 bits per heavy atom. The van der Waals surface area contributed by atoms with Gasteiger partial charge in [-0.2, -0.15) is 0 Å². The van der Waals surface area contributed by atoms with E-state index in [0.717, 1.165) is 61.6 Å². The summed E-state index contributed by atoms with van der Waals surface area (Å²) in [6, 6.07) is 71.4. The molecule has 0 radical (unpaired) electrons. The van der Waals surface area contributed by atoms with Gasteiger partial charge in [-0.3, -0.25) is 0 Å². The van der Waals surface area contributed by atoms with E-state index in [1.165, 1.54) is 27.1 Å². The van der Waals surface area contributed by atoms with E-state index in [0.29, 0.717) is 0 Å². The third kappa shape index (κ3) is 5.02. The van der Waals surface area contributed by atoms with Crippen molar-refractivity contribution in [2.24, 2.45) is 0 Å². The van der Waals surface area contributed by atoms with Crippen LogP contribution in [0, 0.1) is 0 Å². The normalized spacial score (nSPS) is 11.5. The van der Waals surface area contributed by atoms with Crippen LogP contribution in [0.2, 0.25) is 0 Å². The summed E-state index contributed by atoms with van der Waals surface area (Å²) in [7, 11) is 0. The van der Waals surface area contributed by atoms with Gasteiger partial charge in [0.1, 0.15) is 0 Å². The molecule has 0 spiro atoms. The number of para-hydroxylation sites is 4. The Morgan fingerprint density at radius 3 is 1.71 bits per heavy atom. The van der Waals surface area contributed by atoms with Crippen molar-refractivity contribution < 1.29 is 0 Å². The van der Waals surface area contributed by atoms with Crippen LogP contribution in [0.4, 0.5) is 17.1 Å². The number of fused-ring (bicyclic) bond motifs is 6. The van der Waals surface area contributed by atoms with E-state index in [2.05, 4.69) is 210 Å². The quantitative estimate of drug-likeness (QED) is 0.165. The number of pyridine rings is 1. The third-order valence-corrected chi connectivity index (χ3v) is 10.1. The molecule has 0 atom stereocenters. The van der Waals surface area contributed by atoms with E-state index in [1.807, 2.05) is 0 Å². The molecule has 10 rings (SSSR count). The highest BCUT2D eigenvalue weighted by molar-refractivity contribution is 6.22. The standard InChI is InChI=1S/C49H33N3/c1-4-16-38(17-5-1)51(39-18-6-2-7-19-39)41-28-24-35(25-29-41)49-44-31-26-34-14-10-12-22-42(34)48(44)43-30-27-37(32-45(43)50-49)47-33-36-15-11-13-23-46(36)52(47)40-20-8-3-9-21-40/h1-33H. The lowest BCUT2D eigenvalue weighted by molar-refractivity contribution is 1.13. The van der Waals surface area contributed by atoms with E-state index in [4.69, 9.17) is 4.98 Å². The first-order chi connectivity index (χ1) is 25.8. The zero-order chi connectivity index (χ0) is 34.4. The number of aromatic nitrogens is 2. The van der Waals surface area contributed by atoms with Crippen LogP contribution in [-0.4, -0.2) is 9.55 Å². The van der Waals surface area contributed by atoms with Crippen LogP contribution in [0.25, 0.3) is 71.6 Å². The zero-order valence-electron chi connectivity index (χ0n) is 28.4. The van der Waals surface area contributed by atoms with Gasteiger partial charge in [-0.15, -0.1) is 0 Å². The second-order valence-electron chi connectivity index (χ2n) is 13.2. The minimum atomic E-state index is 0.973. The highest BCUT2D eigenvalue weighted by atomic mass is 15.1. The number of rotatable bonds is 6. The molecule has 0 saturated carbocycles. The minimum Gasteiger partial charge on any atom is -0.311 e. The number of anilines is 3. The Labute approximate surface area is 302 Å². The molecule has 0 fully saturated rings. The van der Waals surface area contributed by atoms with Gasteiger partial charge in [0, 0.05) is 55.4 Å². The second kappa shape index (κ2) is 12.4. The van der Waals surface area contributed by atoms with Crippen molar-refractivity contribution >= 4 is 60.4 Å². The average molecular weight is 664 g/mol. The maximum atomic E-state index is 5.49. The molecule has 52 heavy (non-hydrogen) atoms. The number of benzene rings is 8. The molecule has 2 aromatic heterocycles. The lowest BCUT2D eigenvalue weighted by Gasteiger charge is -2.25. The molecule has 0 N–H and O–H groups in total. The predicted octanol–water partition coefficient (Wildman–Crippen LogP) is 13.3. The van der Waals surface area contributed by atoms with Gasteiger partial charge in [0.15, 0.2) is 0 Å². The van der Waals surface area contributed by atoms with Crippen LogP contribution in [0.15, 0.2) is 200 Å². The topological polar surface area (TPSA) is 21.1 Å². The Balaban J connectivity index is 1.18. The minimum absolute atomic E-state index is 0.973. The van der Waals surface area contributed by atoms with Crippen LogP contribution >= 0.6 is 0 Å². The third-order valence-electron chi connectivity index (χ3n) is 10.1. The van der Waals surface area contributed by atoms with Crippen molar-refractivity contribution in [2.75, 3.05) is 4.90 Å². The summed E-state index contributed by atoms with van der Waals surface area (Å²) in [5.74, 6) is 0. The Bertz CT molecular complexity index is 2840. The molecule has 0 unspecified atom stereocenters. The summed E-state index contributed by atoms with van der Waals surface area (Å²) in [5.41, 5.74) is 10.9. The fraction of sp³-hybridized carbons (Fsp3) is 0. The summed E-state index contributed by atoms with van der Waals surface area (Å²) in [4.78, 5) is 7.78. The van der Waals surface area contributed by atoms with E-state index >= 15 is 0 Å². The fourth-order valence-electron chi connectivity index (χ4n) is 7.75. The van der Waals surface area contributed by atoms with Gasteiger partial charge < -0.3 is 9.47 Å². The Hall–Kier alpha value is -6.97. The monoisotopic (exact) mass is 663 g/mol. The molecule has 244 valence electrons. The van der Waals surface area contributed by atoms with E-state index in [9.17, 15) is 0 Å². The number of hydrogen-bond donors (Lipinski definition) is 0. The molecule has 0 aliphatic carbocycles. The molecule has 3 nitrogen and oxygen atoms in total. The SMILES string of the molecule is c1ccc(N(c2ccccc2)c2ccc(-c3nc4cc(-c5cc6ccccc6n5-c5ccccc5)ccc4c4c3ccc3ccccc34)cc2)cc1. The van der Waals surface area contributed by atoms with Gasteiger partial charge in [-0.05, 0) is 77.5 Å². The number of nitrogens with zero attached hydrogens (tertiary/aromatic N) is 3. The molecular weight excluding hydrogens is 631 g/mol. The van der Waals surface area contributed by atoms with Crippen LogP contribution in [0.5, 0.6) is 0 Å². The maximum Gasteiger partial charge on any atom is 0.0788 e. The van der Waals surface area contributed by atoms with Crippen molar-refractivity contribution in [3.05, 3.63) is 200 Å². The summed E-state index contributed by atoms with van der Waals surface area (Å²) < 4.78 is 2.36. The first-order valence-corrected chi connectivity index (χ1v) is 17.7. The fourth-order valence-corrected chi connectivity index (χ4v) is 7.75. The van der Waals surface area contributed by atoms with Crippen molar-refractivity contribution in [1.82, 2.24) is 9.55 Å². The van der Waals surface area contributed by atoms with Crippen LogP contribution < -0.4 is 4.90 Å². The van der Waals surface area contributed by atoms with E-state index < -0.39 is 0 Å². The maximum absolute atomic E-state index is 5.49. The summed E-state index contributed by atoms with van der Waals surface area (Å²) in [6.45, 7) is 0. The highest BCUT2D eigenvalue weighted by Gasteiger charge is 2.18. The van der Waals surface area contributed by atoms with Crippen molar-refractivity contribution in [3.63, 3.8) is 0 Å². The smallest absolute Gasteiger partial charge is 0.0788 e. The Kier molecular flexibility index (Phi) is 7.14.